The number of ketones is 2. The van der Waals surface area contributed by atoms with Gasteiger partial charge in [-0.05, 0) is 87.2 Å². The molecule has 0 radical (unpaired) electrons. The van der Waals surface area contributed by atoms with Crippen LogP contribution in [0.2, 0.25) is 0 Å². The summed E-state index contributed by atoms with van der Waals surface area (Å²) in [5, 5.41) is 22.0. The van der Waals surface area contributed by atoms with Crippen LogP contribution in [0, 0.1) is 34.0 Å². The second kappa shape index (κ2) is 6.12. The van der Waals surface area contributed by atoms with Crippen LogP contribution in [0.5, 0.6) is 0 Å². The van der Waals surface area contributed by atoms with Crippen LogP contribution >= 0.6 is 0 Å². The van der Waals surface area contributed by atoms with E-state index in [1.807, 2.05) is 6.08 Å². The Hall–Kier alpha value is -1.26. The summed E-state index contributed by atoms with van der Waals surface area (Å²) in [6.45, 7) is 7.72. The van der Waals surface area contributed by atoms with E-state index in [0.29, 0.717) is 24.2 Å². The van der Waals surface area contributed by atoms with Crippen molar-refractivity contribution in [3.63, 3.8) is 0 Å². The Morgan fingerprint density at radius 1 is 1.18 bits per heavy atom. The van der Waals surface area contributed by atoms with Gasteiger partial charge >= 0.3 is 0 Å². The van der Waals surface area contributed by atoms with Gasteiger partial charge in [0, 0.05) is 5.41 Å². The third-order valence-corrected chi connectivity index (χ3v) is 9.53. The predicted molar refractivity (Wildman–Crippen MR) is 107 cm³/mol. The molecule has 2 N–H and O–H groups in total. The maximum atomic E-state index is 12.9. The van der Waals surface area contributed by atoms with E-state index < -0.39 is 16.6 Å². The molecule has 6 atom stereocenters. The minimum absolute atomic E-state index is 0.0754. The molecule has 28 heavy (non-hydrogen) atoms. The number of allylic oxidation sites excluding steroid dienone is 4. The number of Topliss-reactive ketones (excluding diaryl/α,β-unsaturated/α-hetero) is 1. The van der Waals surface area contributed by atoms with Crippen molar-refractivity contribution in [3.05, 3.63) is 23.8 Å². The van der Waals surface area contributed by atoms with Crippen molar-refractivity contribution in [1.82, 2.24) is 0 Å². The van der Waals surface area contributed by atoms with E-state index in [2.05, 4.69) is 19.9 Å². The Morgan fingerprint density at radius 3 is 2.50 bits per heavy atom. The molecule has 4 aliphatic carbocycles. The molecule has 0 aromatic heterocycles. The highest BCUT2D eigenvalue weighted by atomic mass is 16.5. The van der Waals surface area contributed by atoms with Crippen LogP contribution in [-0.4, -0.2) is 27.6 Å². The smallest absolute Gasteiger partial charge is 0.178 e. The van der Waals surface area contributed by atoms with Gasteiger partial charge in [-0.3, -0.25) is 9.59 Å². The normalized spacial score (nSPS) is 45.1. The fraction of sp³-hybridized carbons (Fsp3) is 0.750. The first kappa shape index (κ1) is 20.0. The summed E-state index contributed by atoms with van der Waals surface area (Å²) < 4.78 is 0. The van der Waals surface area contributed by atoms with Gasteiger partial charge in [-0.1, -0.05) is 32.4 Å². The third-order valence-electron chi connectivity index (χ3n) is 9.53. The molecular weight excluding hydrogens is 352 g/mol. The average Bonchev–Trinajstić information content (AvgIpc) is 2.97. The van der Waals surface area contributed by atoms with E-state index in [9.17, 15) is 19.8 Å². The minimum Gasteiger partial charge on any atom is -0.365 e. The van der Waals surface area contributed by atoms with Crippen molar-refractivity contribution in [3.8, 4) is 0 Å². The van der Waals surface area contributed by atoms with Crippen molar-refractivity contribution in [2.24, 2.45) is 34.0 Å². The average molecular weight is 387 g/mol. The van der Waals surface area contributed by atoms with Gasteiger partial charge in [0.15, 0.2) is 11.6 Å². The molecule has 0 unspecified atom stereocenters. The number of fused-ring (bicyclic) bond motifs is 5. The largest absolute Gasteiger partial charge is 0.365 e. The first-order valence-electron chi connectivity index (χ1n) is 10.9. The maximum absolute atomic E-state index is 12.9. The fourth-order valence-corrected chi connectivity index (χ4v) is 8.06. The first-order chi connectivity index (χ1) is 13.0. The molecule has 0 bridgehead atoms. The van der Waals surface area contributed by atoms with E-state index in [4.69, 9.17) is 0 Å². The molecule has 154 valence electrons. The quantitative estimate of drug-likeness (QED) is 0.720. The Balaban J connectivity index is 1.75. The topological polar surface area (TPSA) is 74.6 Å². The Morgan fingerprint density at radius 2 is 1.86 bits per heavy atom. The van der Waals surface area contributed by atoms with E-state index in [1.165, 1.54) is 5.57 Å². The zero-order valence-corrected chi connectivity index (χ0v) is 17.6. The molecule has 3 fully saturated rings. The minimum atomic E-state index is -1.96. The molecule has 0 spiro atoms. The van der Waals surface area contributed by atoms with Crippen molar-refractivity contribution in [2.45, 2.75) is 78.4 Å². The molecule has 4 rings (SSSR count). The number of hydrogen-bond donors (Lipinski definition) is 2. The summed E-state index contributed by atoms with van der Waals surface area (Å²) in [6.07, 6.45) is 11.0. The molecule has 3 saturated carbocycles. The molecular formula is C24H34O4. The molecule has 0 aliphatic heterocycles. The highest BCUT2D eigenvalue weighted by Gasteiger charge is 2.71. The van der Waals surface area contributed by atoms with E-state index in [0.717, 1.165) is 32.1 Å². The van der Waals surface area contributed by atoms with Gasteiger partial charge < -0.3 is 10.2 Å². The van der Waals surface area contributed by atoms with Gasteiger partial charge in [0.05, 0.1) is 5.41 Å². The molecule has 0 heterocycles. The SMILES string of the molecule is CCC(O)(O)[C@]1(C(C)=O)CC[C@H]2[C@@H]3CCC4=CC(=O)C=C[C@]4(C)[C@H]3CC[C@@]21C. The van der Waals surface area contributed by atoms with Crippen LogP contribution in [0.25, 0.3) is 0 Å². The molecule has 0 saturated heterocycles. The van der Waals surface area contributed by atoms with E-state index >= 15 is 0 Å². The maximum Gasteiger partial charge on any atom is 0.178 e. The number of rotatable bonds is 3. The van der Waals surface area contributed by atoms with Crippen molar-refractivity contribution in [2.75, 3.05) is 0 Å². The van der Waals surface area contributed by atoms with Crippen LogP contribution in [0.15, 0.2) is 23.8 Å². The van der Waals surface area contributed by atoms with Crippen LogP contribution < -0.4 is 0 Å². The fourth-order valence-electron chi connectivity index (χ4n) is 8.06. The van der Waals surface area contributed by atoms with Crippen LogP contribution in [0.4, 0.5) is 0 Å². The van der Waals surface area contributed by atoms with Gasteiger partial charge in [0.25, 0.3) is 0 Å². The van der Waals surface area contributed by atoms with Crippen LogP contribution in [-0.2, 0) is 9.59 Å². The molecule has 0 aromatic carbocycles. The monoisotopic (exact) mass is 386 g/mol. The van der Waals surface area contributed by atoms with Gasteiger partial charge in [0.2, 0.25) is 0 Å². The lowest BCUT2D eigenvalue weighted by atomic mass is 9.44. The zero-order valence-electron chi connectivity index (χ0n) is 17.6. The Bertz CT molecular complexity index is 777. The van der Waals surface area contributed by atoms with Crippen molar-refractivity contribution in [1.29, 1.82) is 0 Å². The van der Waals surface area contributed by atoms with Gasteiger partial charge in [-0.15, -0.1) is 0 Å². The molecule has 4 nitrogen and oxygen atoms in total. The Labute approximate surface area is 168 Å². The van der Waals surface area contributed by atoms with Gasteiger partial charge in [-0.2, -0.15) is 0 Å². The summed E-state index contributed by atoms with van der Waals surface area (Å²) >= 11 is 0. The molecule has 4 heteroatoms. The van der Waals surface area contributed by atoms with Crippen LogP contribution in [0.3, 0.4) is 0 Å². The molecule has 4 aliphatic rings. The second-order valence-electron chi connectivity index (χ2n) is 10.2. The lowest BCUT2D eigenvalue weighted by Gasteiger charge is -2.60. The number of carbonyl (C=O) groups is 2. The number of hydrogen-bond acceptors (Lipinski definition) is 4. The third kappa shape index (κ3) is 2.25. The highest BCUT2D eigenvalue weighted by Crippen LogP contribution is 2.71. The summed E-state index contributed by atoms with van der Waals surface area (Å²) in [5.41, 5.74) is -0.307. The standard InChI is InChI=1S/C24H34O4/c1-5-24(27,28)23(15(2)25)13-10-20-18-7-6-16-14-17(26)8-11-21(16,3)19(18)9-12-22(20,23)4/h8,11,14,18-20,27-28H,5-7,9-10,12-13H2,1-4H3/t18-,19+,20+,21+,22+,23+/m1/s1. The van der Waals surface area contributed by atoms with Crippen LogP contribution in [0.1, 0.15) is 72.6 Å². The summed E-state index contributed by atoms with van der Waals surface area (Å²) in [7, 11) is 0. The lowest BCUT2D eigenvalue weighted by molar-refractivity contribution is -0.271. The Kier molecular flexibility index (Phi) is 4.38. The zero-order chi connectivity index (χ0) is 20.5. The van der Waals surface area contributed by atoms with Crippen molar-refractivity contribution < 1.29 is 19.8 Å². The van der Waals surface area contributed by atoms with E-state index in [1.54, 1.807) is 19.9 Å². The second-order valence-corrected chi connectivity index (χ2v) is 10.2. The first-order valence-corrected chi connectivity index (χ1v) is 10.9. The highest BCUT2D eigenvalue weighted by molar-refractivity contribution is 6.01. The summed E-state index contributed by atoms with van der Waals surface area (Å²) in [4.78, 5) is 24.8. The molecule has 0 amide bonds. The predicted octanol–water partition coefficient (Wildman–Crippen LogP) is 3.96. The molecule has 0 aromatic rings. The summed E-state index contributed by atoms with van der Waals surface area (Å²) in [5.74, 6) is -0.732. The van der Waals surface area contributed by atoms with Gasteiger partial charge in [0.1, 0.15) is 5.78 Å². The van der Waals surface area contributed by atoms with E-state index in [-0.39, 0.29) is 23.4 Å². The number of carbonyl (C=O) groups excluding carboxylic acids is 2. The van der Waals surface area contributed by atoms with Gasteiger partial charge in [-0.25, -0.2) is 0 Å². The number of aliphatic hydroxyl groups is 2. The summed E-state index contributed by atoms with van der Waals surface area (Å²) in [6, 6.07) is 0. The van der Waals surface area contributed by atoms with Crippen molar-refractivity contribution >= 4 is 11.6 Å². The lowest BCUT2D eigenvalue weighted by Crippen LogP contribution is -2.62.